The van der Waals surface area contributed by atoms with Gasteiger partial charge in [0, 0.05) is 13.1 Å². The zero-order chi connectivity index (χ0) is 22.6. The molecule has 0 unspecified atom stereocenters. The normalized spacial score (nSPS) is 11.2. The Morgan fingerprint density at radius 1 is 1.00 bits per heavy atom. The quantitative estimate of drug-likeness (QED) is 0.532. The summed E-state index contributed by atoms with van der Waals surface area (Å²) in [5, 5.41) is 9.33. The Bertz CT molecular complexity index is 1200. The highest BCUT2D eigenvalue weighted by atomic mass is 32.2. The molecule has 0 heterocycles. The molecule has 6 nitrogen and oxygen atoms in total. The zero-order valence-electron chi connectivity index (χ0n) is 16.5. The lowest BCUT2D eigenvalue weighted by molar-refractivity contribution is 0.0697. The van der Waals surface area contributed by atoms with Crippen LogP contribution in [0.4, 0.5) is 20.2 Å². The minimum absolute atomic E-state index is 0.0161. The lowest BCUT2D eigenvalue weighted by Gasteiger charge is -2.26. The van der Waals surface area contributed by atoms with Crippen molar-refractivity contribution in [3.8, 4) is 0 Å². The summed E-state index contributed by atoms with van der Waals surface area (Å²) in [6.07, 6.45) is 0. The van der Waals surface area contributed by atoms with Crippen molar-refractivity contribution < 1.29 is 27.1 Å². The van der Waals surface area contributed by atoms with Crippen molar-refractivity contribution in [3.05, 3.63) is 89.5 Å². The molecule has 3 aromatic rings. The van der Waals surface area contributed by atoms with Crippen LogP contribution in [0, 0.1) is 11.6 Å². The summed E-state index contributed by atoms with van der Waals surface area (Å²) in [5.74, 6) is -3.71. The number of carboxylic acids is 1. The van der Waals surface area contributed by atoms with E-state index in [4.69, 9.17) is 0 Å². The molecule has 0 radical (unpaired) electrons. The summed E-state index contributed by atoms with van der Waals surface area (Å²) in [6.45, 7) is 2.83. The number of carbonyl (C=O) groups is 1. The highest BCUT2D eigenvalue weighted by Crippen LogP contribution is 2.31. The SMILES string of the molecule is CCN(Cc1ccccc1)c1ccc(C(=O)O)cc1NS(=O)(=O)c1ccc(F)c(F)c1. The van der Waals surface area contributed by atoms with Crippen molar-refractivity contribution in [2.75, 3.05) is 16.2 Å². The molecule has 0 atom stereocenters. The summed E-state index contributed by atoms with van der Waals surface area (Å²) in [4.78, 5) is 12.8. The second-order valence-electron chi connectivity index (χ2n) is 6.72. The molecule has 9 heteroatoms. The molecule has 0 aliphatic rings. The Morgan fingerprint density at radius 2 is 1.71 bits per heavy atom. The first-order valence-electron chi connectivity index (χ1n) is 9.35. The predicted octanol–water partition coefficient (Wildman–Crippen LogP) is 4.49. The van der Waals surface area contributed by atoms with Crippen LogP contribution < -0.4 is 9.62 Å². The Kier molecular flexibility index (Phi) is 6.55. The van der Waals surface area contributed by atoms with Crippen molar-refractivity contribution in [1.82, 2.24) is 0 Å². The number of nitrogens with zero attached hydrogens (tertiary/aromatic N) is 1. The topological polar surface area (TPSA) is 86.7 Å². The standard InChI is InChI=1S/C22H20F2N2O4S/c1-2-26(14-15-6-4-3-5-7-15)21-11-8-16(22(27)28)12-20(21)25-31(29,30)17-9-10-18(23)19(24)13-17/h3-13,25H,2,14H2,1H3,(H,27,28). The van der Waals surface area contributed by atoms with Crippen molar-refractivity contribution in [1.29, 1.82) is 0 Å². The van der Waals surface area contributed by atoms with Crippen molar-refractivity contribution in [2.45, 2.75) is 18.4 Å². The molecule has 0 aliphatic carbocycles. The summed E-state index contributed by atoms with van der Waals surface area (Å²) in [6, 6.07) is 15.8. The van der Waals surface area contributed by atoms with Crippen LogP contribution in [-0.2, 0) is 16.6 Å². The van der Waals surface area contributed by atoms with Gasteiger partial charge in [-0.3, -0.25) is 4.72 Å². The number of aromatic carboxylic acids is 1. The molecule has 31 heavy (non-hydrogen) atoms. The van der Waals surface area contributed by atoms with Gasteiger partial charge in [-0.2, -0.15) is 0 Å². The number of hydrogen-bond acceptors (Lipinski definition) is 4. The average molecular weight is 446 g/mol. The van der Waals surface area contributed by atoms with Gasteiger partial charge in [0.05, 0.1) is 21.8 Å². The first-order valence-corrected chi connectivity index (χ1v) is 10.8. The van der Waals surface area contributed by atoms with Crippen molar-refractivity contribution >= 4 is 27.4 Å². The van der Waals surface area contributed by atoms with Gasteiger partial charge in [-0.15, -0.1) is 0 Å². The minimum atomic E-state index is -4.31. The lowest BCUT2D eigenvalue weighted by Crippen LogP contribution is -2.24. The number of hydrogen-bond donors (Lipinski definition) is 2. The van der Waals surface area contributed by atoms with Gasteiger partial charge in [0.1, 0.15) is 0 Å². The van der Waals surface area contributed by atoms with Crippen LogP contribution in [0.1, 0.15) is 22.8 Å². The van der Waals surface area contributed by atoms with Gasteiger partial charge in [-0.05, 0) is 48.9 Å². The molecule has 0 fully saturated rings. The van der Waals surface area contributed by atoms with E-state index in [0.717, 1.165) is 11.6 Å². The van der Waals surface area contributed by atoms with Crippen LogP contribution in [0.5, 0.6) is 0 Å². The number of benzene rings is 3. The van der Waals surface area contributed by atoms with E-state index in [9.17, 15) is 27.1 Å². The molecule has 0 aromatic heterocycles. The first kappa shape index (κ1) is 22.2. The first-order chi connectivity index (χ1) is 14.7. The van der Waals surface area contributed by atoms with Crippen LogP contribution >= 0.6 is 0 Å². The fraction of sp³-hybridized carbons (Fsp3) is 0.136. The van der Waals surface area contributed by atoms with E-state index in [0.29, 0.717) is 30.9 Å². The zero-order valence-corrected chi connectivity index (χ0v) is 17.4. The third-order valence-electron chi connectivity index (χ3n) is 4.63. The molecule has 0 aliphatic heterocycles. The van der Waals surface area contributed by atoms with Crippen LogP contribution in [0.2, 0.25) is 0 Å². The monoisotopic (exact) mass is 446 g/mol. The van der Waals surface area contributed by atoms with E-state index < -0.39 is 32.5 Å². The number of sulfonamides is 1. The molecule has 162 valence electrons. The maximum absolute atomic E-state index is 13.6. The number of nitrogens with one attached hydrogen (secondary N) is 1. The Balaban J connectivity index is 2.03. The Hall–Kier alpha value is -3.46. The molecule has 0 spiro atoms. The van der Waals surface area contributed by atoms with Crippen molar-refractivity contribution in [3.63, 3.8) is 0 Å². The van der Waals surface area contributed by atoms with Crippen molar-refractivity contribution in [2.24, 2.45) is 0 Å². The van der Waals surface area contributed by atoms with Crippen LogP contribution in [-0.4, -0.2) is 26.0 Å². The van der Waals surface area contributed by atoms with Gasteiger partial charge in [-0.1, -0.05) is 30.3 Å². The molecular weight excluding hydrogens is 426 g/mol. The Morgan fingerprint density at radius 3 is 2.32 bits per heavy atom. The highest BCUT2D eigenvalue weighted by Gasteiger charge is 2.21. The lowest BCUT2D eigenvalue weighted by atomic mass is 10.1. The Labute approximate surface area is 178 Å². The summed E-state index contributed by atoms with van der Waals surface area (Å²) >= 11 is 0. The fourth-order valence-corrected chi connectivity index (χ4v) is 4.12. The van der Waals surface area contributed by atoms with E-state index in [1.807, 2.05) is 42.2 Å². The highest BCUT2D eigenvalue weighted by molar-refractivity contribution is 7.92. The summed E-state index contributed by atoms with van der Waals surface area (Å²) in [5.41, 5.74) is 1.31. The number of rotatable bonds is 8. The second kappa shape index (κ2) is 9.13. The van der Waals surface area contributed by atoms with E-state index in [1.54, 1.807) is 0 Å². The van der Waals surface area contributed by atoms with Gasteiger partial charge in [-0.25, -0.2) is 22.0 Å². The van der Waals surface area contributed by atoms with Crippen LogP contribution in [0.25, 0.3) is 0 Å². The maximum Gasteiger partial charge on any atom is 0.335 e. The molecular formula is C22H20F2N2O4S. The molecule has 0 amide bonds. The van der Waals surface area contributed by atoms with E-state index in [-0.39, 0.29) is 11.3 Å². The van der Waals surface area contributed by atoms with Gasteiger partial charge < -0.3 is 10.0 Å². The largest absolute Gasteiger partial charge is 0.478 e. The smallest absolute Gasteiger partial charge is 0.335 e. The van der Waals surface area contributed by atoms with Crippen LogP contribution in [0.3, 0.4) is 0 Å². The average Bonchev–Trinajstić information content (AvgIpc) is 2.74. The minimum Gasteiger partial charge on any atom is -0.478 e. The molecule has 3 aromatic carbocycles. The van der Waals surface area contributed by atoms with Gasteiger partial charge in [0.15, 0.2) is 11.6 Å². The third-order valence-corrected chi connectivity index (χ3v) is 5.99. The molecule has 0 saturated carbocycles. The third kappa shape index (κ3) is 5.18. The second-order valence-corrected chi connectivity index (χ2v) is 8.40. The summed E-state index contributed by atoms with van der Waals surface area (Å²) in [7, 11) is -4.31. The number of halogens is 2. The predicted molar refractivity (Wildman–Crippen MR) is 114 cm³/mol. The fourth-order valence-electron chi connectivity index (χ4n) is 3.05. The van der Waals surface area contributed by atoms with E-state index >= 15 is 0 Å². The maximum atomic E-state index is 13.6. The molecule has 0 bridgehead atoms. The van der Waals surface area contributed by atoms with Gasteiger partial charge >= 0.3 is 5.97 Å². The molecule has 2 N–H and O–H groups in total. The number of anilines is 2. The van der Waals surface area contributed by atoms with E-state index in [1.165, 1.54) is 18.2 Å². The van der Waals surface area contributed by atoms with E-state index in [2.05, 4.69) is 4.72 Å². The van der Waals surface area contributed by atoms with Gasteiger partial charge in [0.25, 0.3) is 10.0 Å². The number of carboxylic acid groups (broad SMARTS) is 1. The molecule has 3 rings (SSSR count). The summed E-state index contributed by atoms with van der Waals surface area (Å²) < 4.78 is 54.7. The van der Waals surface area contributed by atoms with Gasteiger partial charge in [0.2, 0.25) is 0 Å². The molecule has 0 saturated heterocycles. The van der Waals surface area contributed by atoms with Crippen LogP contribution in [0.15, 0.2) is 71.6 Å².